The van der Waals surface area contributed by atoms with Gasteiger partial charge < -0.3 is 40.3 Å². The Balaban J connectivity index is 1.25. The average molecular weight is 811 g/mol. The number of nitrogens with zero attached hydrogens (tertiary/aromatic N) is 8. The lowest BCUT2D eigenvalue weighted by molar-refractivity contribution is 0.0755. The van der Waals surface area contributed by atoms with Crippen molar-refractivity contribution in [1.29, 1.82) is 0 Å². The predicted molar refractivity (Wildman–Crippen MR) is 215 cm³/mol. The fourth-order valence-electron chi connectivity index (χ4n) is 7.31. The van der Waals surface area contributed by atoms with Crippen LogP contribution in [0.1, 0.15) is 92.2 Å². The minimum absolute atomic E-state index is 0.0130. The number of anilines is 2. The van der Waals surface area contributed by atoms with E-state index < -0.39 is 36.3 Å². The summed E-state index contributed by atoms with van der Waals surface area (Å²) in [6, 6.07) is 9.09. The van der Waals surface area contributed by atoms with Crippen molar-refractivity contribution >= 4 is 57.6 Å². The van der Waals surface area contributed by atoms with Gasteiger partial charge >= 0.3 is 0 Å². The molecular weight excluding hydrogens is 765 g/mol. The largest absolute Gasteiger partial charge is 0.491 e. The number of aliphatic hydroxyl groups excluding tert-OH is 2. The number of ether oxygens (including phenoxy) is 2. The third-order valence-electron chi connectivity index (χ3n) is 10.1. The summed E-state index contributed by atoms with van der Waals surface area (Å²) in [6.45, 7) is 8.23. The number of fused-ring (bicyclic) bond motifs is 1. The van der Waals surface area contributed by atoms with Crippen LogP contribution in [0.15, 0.2) is 36.4 Å². The normalized spacial score (nSPS) is 14.0. The zero-order valence-electron chi connectivity index (χ0n) is 33.1. The Kier molecular flexibility index (Phi) is 11.4. The molecular formula is C39H46N12O8. The Morgan fingerprint density at radius 3 is 2.03 bits per heavy atom. The summed E-state index contributed by atoms with van der Waals surface area (Å²) in [5.74, 6) is -1.23. The molecule has 6 aromatic rings. The molecule has 4 aromatic heterocycles. The highest BCUT2D eigenvalue weighted by Crippen LogP contribution is 2.39. The lowest BCUT2D eigenvalue weighted by Crippen LogP contribution is -2.26. The molecule has 1 aliphatic heterocycles. The van der Waals surface area contributed by atoms with Crippen LogP contribution in [0, 0.1) is 13.8 Å². The van der Waals surface area contributed by atoms with Crippen LogP contribution in [0.5, 0.6) is 11.5 Å². The molecule has 20 heteroatoms. The fourth-order valence-corrected chi connectivity index (χ4v) is 7.31. The standard InChI is InChI=1S/C39H46N12O8/c1-5-49-28(12-20(3)46-49)36(56)44-38-42-26-14-22(34(40)54)16-30(58-11-9-25(53)18-52)32(26)48(38)10-7-8-24-19-59-31-17-23(35(41)55)15-27-33(31)51(24)39(43-27)45-37(57)29-13-21(4)47-50(29)6-2/h12-17,24-25,52-53H,5-11,18-19H2,1-4H3,(H2,40,54)(H2,41,55)(H,42,44,56)(H,43,45,57)/t24-,25+/m0/s1. The van der Waals surface area contributed by atoms with E-state index in [4.69, 9.17) is 30.9 Å². The van der Waals surface area contributed by atoms with E-state index in [0.29, 0.717) is 76.5 Å². The number of aryl methyl sites for hydroxylation is 5. The summed E-state index contributed by atoms with van der Waals surface area (Å²) < 4.78 is 19.1. The number of nitrogens with one attached hydrogen (secondary N) is 2. The molecule has 0 bridgehead atoms. The molecule has 1 aliphatic rings. The highest BCUT2D eigenvalue weighted by molar-refractivity contribution is 6.05. The van der Waals surface area contributed by atoms with Gasteiger partial charge in [-0.25, -0.2) is 9.97 Å². The van der Waals surface area contributed by atoms with Gasteiger partial charge in [0.2, 0.25) is 23.7 Å². The van der Waals surface area contributed by atoms with Crippen molar-refractivity contribution in [2.45, 2.75) is 78.7 Å². The zero-order chi connectivity index (χ0) is 42.1. The first-order valence-electron chi connectivity index (χ1n) is 19.3. The Morgan fingerprint density at radius 2 is 1.44 bits per heavy atom. The van der Waals surface area contributed by atoms with Crippen LogP contribution >= 0.6 is 0 Å². The molecule has 0 radical (unpaired) electrons. The first-order valence-corrected chi connectivity index (χ1v) is 19.3. The van der Waals surface area contributed by atoms with E-state index in [1.807, 2.05) is 18.4 Å². The van der Waals surface area contributed by atoms with Gasteiger partial charge in [-0.15, -0.1) is 0 Å². The number of rotatable bonds is 17. The van der Waals surface area contributed by atoms with Crippen molar-refractivity contribution in [2.75, 3.05) is 30.5 Å². The minimum atomic E-state index is -1.02. The number of nitrogens with two attached hydrogens (primary N) is 2. The summed E-state index contributed by atoms with van der Waals surface area (Å²) in [5.41, 5.74) is 15.4. The summed E-state index contributed by atoms with van der Waals surface area (Å²) in [4.78, 5) is 61.5. The smallest absolute Gasteiger partial charge is 0.276 e. The molecule has 8 N–H and O–H groups in total. The quantitative estimate of drug-likeness (QED) is 0.0776. The van der Waals surface area contributed by atoms with Gasteiger partial charge in [-0.3, -0.25) is 39.2 Å². The number of hydrogen-bond donors (Lipinski definition) is 6. The zero-order valence-corrected chi connectivity index (χ0v) is 33.1. The molecule has 0 aliphatic carbocycles. The monoisotopic (exact) mass is 810 g/mol. The molecule has 7 rings (SSSR count). The SMILES string of the molecule is CCn1nc(C)cc1C(=O)Nc1nc2cc(C(N)=O)cc(OCC[C@@H](O)CO)c2n1CCC[C@H]1COc2cc(C(N)=O)cc3nc(NC(=O)c4cc(C)nn4CC)n1c23. The number of primary amides is 2. The molecule has 2 atom stereocenters. The molecule has 4 amide bonds. The summed E-state index contributed by atoms with van der Waals surface area (Å²) in [5, 5.41) is 34.0. The van der Waals surface area contributed by atoms with Crippen LogP contribution in [0.3, 0.4) is 0 Å². The summed E-state index contributed by atoms with van der Waals surface area (Å²) >= 11 is 0. The van der Waals surface area contributed by atoms with Crippen LogP contribution in [0.2, 0.25) is 0 Å². The molecule has 310 valence electrons. The third kappa shape index (κ3) is 8.03. The molecule has 0 saturated carbocycles. The Bertz CT molecular complexity index is 2600. The Labute approximate surface area is 337 Å². The van der Waals surface area contributed by atoms with Crippen molar-refractivity contribution in [1.82, 2.24) is 38.7 Å². The molecule has 0 spiro atoms. The first kappa shape index (κ1) is 40.4. The topological polar surface area (TPSA) is 275 Å². The maximum Gasteiger partial charge on any atom is 0.276 e. The van der Waals surface area contributed by atoms with Gasteiger partial charge in [0.1, 0.15) is 40.5 Å². The van der Waals surface area contributed by atoms with Gasteiger partial charge in [0.15, 0.2) is 0 Å². The van der Waals surface area contributed by atoms with Crippen molar-refractivity contribution in [3.63, 3.8) is 0 Å². The van der Waals surface area contributed by atoms with Crippen molar-refractivity contribution < 1.29 is 38.9 Å². The Hall–Kier alpha value is -6.80. The van der Waals surface area contributed by atoms with Crippen LogP contribution in [0.25, 0.3) is 22.1 Å². The highest BCUT2D eigenvalue weighted by Gasteiger charge is 2.30. The minimum Gasteiger partial charge on any atom is -0.491 e. The first-order chi connectivity index (χ1) is 28.3. The van der Waals surface area contributed by atoms with E-state index in [-0.39, 0.29) is 61.0 Å². The van der Waals surface area contributed by atoms with E-state index in [0.717, 1.165) is 0 Å². The maximum atomic E-state index is 13.7. The van der Waals surface area contributed by atoms with Crippen LogP contribution in [0.4, 0.5) is 11.9 Å². The van der Waals surface area contributed by atoms with E-state index >= 15 is 0 Å². The van der Waals surface area contributed by atoms with Crippen LogP contribution in [-0.4, -0.2) is 98.4 Å². The van der Waals surface area contributed by atoms with Gasteiger partial charge in [0.25, 0.3) is 11.8 Å². The van der Waals surface area contributed by atoms with Gasteiger partial charge in [0, 0.05) is 37.2 Å². The van der Waals surface area contributed by atoms with Gasteiger partial charge in [0.05, 0.1) is 47.8 Å². The highest BCUT2D eigenvalue weighted by atomic mass is 16.5. The molecule has 2 aromatic carbocycles. The summed E-state index contributed by atoms with van der Waals surface area (Å²) in [6.07, 6.45) is -0.00807. The lowest BCUT2D eigenvalue weighted by atomic mass is 10.1. The maximum absolute atomic E-state index is 13.7. The molecule has 0 saturated heterocycles. The third-order valence-corrected chi connectivity index (χ3v) is 10.1. The van der Waals surface area contributed by atoms with E-state index in [9.17, 15) is 29.4 Å². The molecule has 0 fully saturated rings. The number of benzene rings is 2. The number of aromatic nitrogens is 8. The second kappa shape index (κ2) is 16.6. The van der Waals surface area contributed by atoms with Gasteiger partial charge in [-0.2, -0.15) is 10.2 Å². The lowest BCUT2D eigenvalue weighted by Gasteiger charge is -2.27. The number of carbonyl (C=O) groups is 4. The molecule has 5 heterocycles. The average Bonchev–Trinajstić information content (AvgIpc) is 3.98. The fraction of sp³-hybridized carbons (Fsp3) is 0.385. The molecule has 20 nitrogen and oxygen atoms in total. The number of imidazole rings is 2. The van der Waals surface area contributed by atoms with Crippen LogP contribution < -0.4 is 31.6 Å². The van der Waals surface area contributed by atoms with E-state index in [1.54, 1.807) is 52.0 Å². The molecule has 0 unspecified atom stereocenters. The van der Waals surface area contributed by atoms with E-state index in [2.05, 4.69) is 20.8 Å². The van der Waals surface area contributed by atoms with Crippen LogP contribution in [-0.2, 0) is 19.6 Å². The number of aliphatic hydroxyl groups is 2. The second-order valence-corrected chi connectivity index (χ2v) is 14.3. The van der Waals surface area contributed by atoms with Crippen molar-refractivity contribution in [2.24, 2.45) is 11.5 Å². The number of amides is 4. The number of hydrogen-bond acceptors (Lipinski definition) is 12. The van der Waals surface area contributed by atoms with Crippen molar-refractivity contribution in [3.05, 3.63) is 70.3 Å². The predicted octanol–water partition coefficient (Wildman–Crippen LogP) is 2.67. The second-order valence-electron chi connectivity index (χ2n) is 14.3. The van der Waals surface area contributed by atoms with Crippen molar-refractivity contribution in [3.8, 4) is 11.5 Å². The summed E-state index contributed by atoms with van der Waals surface area (Å²) in [7, 11) is 0. The van der Waals surface area contributed by atoms with Gasteiger partial charge in [-0.05, 0) is 76.9 Å². The number of carbonyl (C=O) groups excluding carboxylic acids is 4. The Morgan fingerprint density at radius 1 is 0.864 bits per heavy atom. The van der Waals surface area contributed by atoms with Gasteiger partial charge in [-0.1, -0.05) is 0 Å². The van der Waals surface area contributed by atoms with E-state index in [1.165, 1.54) is 12.1 Å². The molecule has 59 heavy (non-hydrogen) atoms.